The van der Waals surface area contributed by atoms with E-state index >= 15 is 0 Å². The highest BCUT2D eigenvalue weighted by Crippen LogP contribution is 2.41. The van der Waals surface area contributed by atoms with Crippen molar-refractivity contribution in [2.75, 3.05) is 13.2 Å². The van der Waals surface area contributed by atoms with Gasteiger partial charge >= 0.3 is 19.0 Å². The van der Waals surface area contributed by atoms with Crippen LogP contribution in [0.4, 0.5) is 17.6 Å². The summed E-state index contributed by atoms with van der Waals surface area (Å²) in [6.07, 6.45) is 3.74. The van der Waals surface area contributed by atoms with Crippen LogP contribution in [-0.2, 0) is 13.1 Å². The lowest BCUT2D eigenvalue weighted by Gasteiger charge is -2.24. The maximum atomic E-state index is 13.7. The van der Waals surface area contributed by atoms with Gasteiger partial charge < -0.3 is 30.2 Å². The smallest absolute Gasteiger partial charge is 0.471 e. The summed E-state index contributed by atoms with van der Waals surface area (Å²) in [6.45, 7) is 1.01. The van der Waals surface area contributed by atoms with E-state index in [1.165, 1.54) is 0 Å². The molecule has 4 N–H and O–H groups in total. The first-order chi connectivity index (χ1) is 25.4. The summed E-state index contributed by atoms with van der Waals surface area (Å²) in [4.78, 5) is 24.4. The molecule has 20 heteroatoms. The molecule has 2 saturated carbocycles. The van der Waals surface area contributed by atoms with Crippen LogP contribution in [0.3, 0.4) is 0 Å². The molecule has 0 spiro atoms. The minimum atomic E-state index is -3.02. The van der Waals surface area contributed by atoms with Gasteiger partial charge in [-0.05, 0) is 102 Å². The molecule has 0 unspecified atom stereocenters. The van der Waals surface area contributed by atoms with Gasteiger partial charge in [0.1, 0.15) is 17.6 Å². The molecular formula is C36H42BBrCl2F4N6O6. The van der Waals surface area contributed by atoms with E-state index in [2.05, 4.69) is 36.8 Å². The third kappa shape index (κ3) is 10.8. The summed E-state index contributed by atoms with van der Waals surface area (Å²) < 4.78 is 66.3. The van der Waals surface area contributed by atoms with Gasteiger partial charge in [-0.1, -0.05) is 50.2 Å². The van der Waals surface area contributed by atoms with E-state index in [1.54, 1.807) is 43.3 Å². The van der Waals surface area contributed by atoms with Gasteiger partial charge in [-0.25, -0.2) is 26.9 Å². The number of hydrogen-bond donors (Lipinski definition) is 4. The van der Waals surface area contributed by atoms with Crippen molar-refractivity contribution >= 4 is 63.5 Å². The molecule has 2 aromatic heterocycles. The number of ether oxygens (including phenoxy) is 2. The summed E-state index contributed by atoms with van der Waals surface area (Å²) in [6, 6.07) is 10.4. The number of nitrogens with one attached hydrogen (secondary N) is 2. The minimum Gasteiger partial charge on any atom is -0.471 e. The van der Waals surface area contributed by atoms with E-state index < -0.39 is 45.3 Å². The summed E-state index contributed by atoms with van der Waals surface area (Å²) in [5, 5.41) is 32.4. The number of hydrogen-bond acceptors (Lipinski definition) is 8. The molecule has 2 aliphatic carbocycles. The SMILES string of the molecule is C.C.Cc1cc(Cl)ccc1-c1c(C(=O)NC2CC2)nn2c1OCC(F)(F)C2.Cc1cc(Cl)ccc1B(O)O.O=C(NC1CC1)c1nn2c(c1Br)OCC(F)(F)C2. The monoisotopic (exact) mass is 890 g/mol. The zero-order valence-electron chi connectivity index (χ0n) is 28.8. The molecule has 8 rings (SSSR count). The molecule has 2 aromatic carbocycles. The molecule has 0 bridgehead atoms. The quantitative estimate of drug-likeness (QED) is 0.125. The molecule has 0 radical (unpaired) electrons. The van der Waals surface area contributed by atoms with Crippen molar-refractivity contribution in [2.45, 2.75) is 91.4 Å². The van der Waals surface area contributed by atoms with Gasteiger partial charge in [0.2, 0.25) is 11.8 Å². The van der Waals surface area contributed by atoms with Gasteiger partial charge in [0.05, 0.1) is 5.56 Å². The molecule has 2 aliphatic heterocycles. The van der Waals surface area contributed by atoms with Crippen LogP contribution in [0.2, 0.25) is 10.0 Å². The Morgan fingerprint density at radius 2 is 1.27 bits per heavy atom. The van der Waals surface area contributed by atoms with E-state index in [-0.39, 0.29) is 61.9 Å². The third-order valence-electron chi connectivity index (χ3n) is 8.58. The first-order valence-electron chi connectivity index (χ1n) is 16.8. The highest BCUT2D eigenvalue weighted by molar-refractivity contribution is 9.10. The molecule has 4 aliphatic rings. The Kier molecular flexibility index (Phi) is 14.2. The number of carbonyl (C=O) groups is 2. The van der Waals surface area contributed by atoms with Crippen LogP contribution in [0.5, 0.6) is 11.8 Å². The largest absolute Gasteiger partial charge is 0.488 e. The summed E-state index contributed by atoms with van der Waals surface area (Å²) in [5.41, 5.74) is 3.41. The molecule has 56 heavy (non-hydrogen) atoms. The number of rotatable bonds is 6. The third-order valence-corrected chi connectivity index (χ3v) is 9.77. The second-order valence-corrected chi connectivity index (χ2v) is 15.1. The molecule has 2 amide bonds. The van der Waals surface area contributed by atoms with Gasteiger partial charge in [-0.2, -0.15) is 10.2 Å². The topological polar surface area (TPSA) is 153 Å². The zero-order chi connectivity index (χ0) is 39.1. The Bertz CT molecular complexity index is 2080. The van der Waals surface area contributed by atoms with Crippen LogP contribution in [0.25, 0.3) is 11.1 Å². The maximum absolute atomic E-state index is 13.7. The molecular weight excluding hydrogens is 850 g/mol. The van der Waals surface area contributed by atoms with Crippen LogP contribution in [0, 0.1) is 13.8 Å². The predicted octanol–water partition coefficient (Wildman–Crippen LogP) is 6.60. The summed E-state index contributed by atoms with van der Waals surface area (Å²) >= 11 is 14.8. The maximum Gasteiger partial charge on any atom is 0.488 e. The zero-order valence-corrected chi connectivity index (χ0v) is 31.9. The molecule has 4 aromatic rings. The predicted molar refractivity (Wildman–Crippen MR) is 209 cm³/mol. The van der Waals surface area contributed by atoms with E-state index in [0.717, 1.165) is 46.2 Å². The fourth-order valence-electron chi connectivity index (χ4n) is 5.59. The lowest BCUT2D eigenvalue weighted by atomic mass is 9.77. The van der Waals surface area contributed by atoms with Crippen LogP contribution in [0.15, 0.2) is 40.9 Å². The Morgan fingerprint density at radius 3 is 1.77 bits per heavy atom. The summed E-state index contributed by atoms with van der Waals surface area (Å²) in [7, 11) is -1.41. The standard InChI is InChI=1S/C17H16ClF2N3O2.C10H10BrF2N3O2.C7H8BClO2.2CH4/c1-9-6-10(18)2-5-12(9)13-14(15(24)21-11-3-4-11)22-23-7-17(19,20)8-25-16(13)23;11-6-7(8(17)14-5-1-2-5)15-16-3-10(12,13)4-18-9(6)16;1-5-4-6(9)2-3-7(5)8(10)11;;/h2,5-6,11H,3-4,7-8H2,1H3,(H,21,24);5H,1-4H2,(H,14,17);2-4,10-11H,1H3;2*1H4. The van der Waals surface area contributed by atoms with Crippen LogP contribution < -0.4 is 25.6 Å². The number of fused-ring (bicyclic) bond motifs is 2. The molecule has 2 fully saturated rings. The van der Waals surface area contributed by atoms with E-state index in [9.17, 15) is 27.2 Å². The first-order valence-corrected chi connectivity index (χ1v) is 18.3. The number of amides is 2. The number of carbonyl (C=O) groups excluding carboxylic acids is 2. The second-order valence-electron chi connectivity index (χ2n) is 13.4. The molecule has 0 saturated heterocycles. The Labute approximate surface area is 340 Å². The highest BCUT2D eigenvalue weighted by atomic mass is 79.9. The van der Waals surface area contributed by atoms with Crippen LogP contribution in [-0.4, -0.2) is 85.7 Å². The number of halogens is 7. The molecule has 0 atom stereocenters. The van der Waals surface area contributed by atoms with Crippen LogP contribution >= 0.6 is 39.1 Å². The molecule has 4 heterocycles. The molecule has 304 valence electrons. The highest BCUT2D eigenvalue weighted by Gasteiger charge is 2.41. The van der Waals surface area contributed by atoms with Gasteiger partial charge in [-0.3, -0.25) is 9.59 Å². The van der Waals surface area contributed by atoms with Crippen molar-refractivity contribution < 1.29 is 46.7 Å². The lowest BCUT2D eigenvalue weighted by molar-refractivity contribution is -0.0799. The summed E-state index contributed by atoms with van der Waals surface area (Å²) in [5.74, 6) is -6.34. The number of nitrogens with zero attached hydrogens (tertiary/aromatic N) is 4. The second kappa shape index (κ2) is 17.8. The normalized spacial score (nSPS) is 16.9. The van der Waals surface area contributed by atoms with Crippen molar-refractivity contribution in [1.29, 1.82) is 0 Å². The van der Waals surface area contributed by atoms with Crippen molar-refractivity contribution in [2.24, 2.45) is 0 Å². The average Bonchev–Trinajstić information content (AvgIpc) is 4.01. The number of alkyl halides is 4. The average molecular weight is 892 g/mol. The number of aromatic nitrogens is 4. The van der Waals surface area contributed by atoms with Crippen LogP contribution in [0.1, 0.15) is 72.6 Å². The Morgan fingerprint density at radius 1 is 0.804 bits per heavy atom. The van der Waals surface area contributed by atoms with Gasteiger partial charge in [0.25, 0.3) is 11.8 Å². The fraction of sp³-hybridized carbons (Fsp3) is 0.444. The van der Waals surface area contributed by atoms with Crippen molar-refractivity contribution in [3.8, 4) is 22.9 Å². The fourth-order valence-corrected chi connectivity index (χ4v) is 6.63. The van der Waals surface area contributed by atoms with Crippen molar-refractivity contribution in [3.63, 3.8) is 0 Å². The molecule has 12 nitrogen and oxygen atoms in total. The van der Waals surface area contributed by atoms with E-state index in [0.29, 0.717) is 31.1 Å². The number of aryl methyl sites for hydroxylation is 2. The van der Waals surface area contributed by atoms with Gasteiger partial charge in [0, 0.05) is 22.1 Å². The minimum absolute atomic E-state index is 0. The van der Waals surface area contributed by atoms with Crippen molar-refractivity contribution in [3.05, 3.63) is 73.4 Å². The van der Waals surface area contributed by atoms with Gasteiger partial charge in [0.15, 0.2) is 24.6 Å². The Balaban J connectivity index is 0.000000198. The van der Waals surface area contributed by atoms with E-state index in [1.807, 2.05) is 6.92 Å². The van der Waals surface area contributed by atoms with Gasteiger partial charge in [-0.15, -0.1) is 0 Å². The Hall–Kier alpha value is -3.84. The number of benzene rings is 2. The lowest BCUT2D eigenvalue weighted by Crippen LogP contribution is -2.36. The first kappa shape index (κ1) is 44.9. The van der Waals surface area contributed by atoms with E-state index in [4.69, 9.17) is 42.7 Å². The van der Waals surface area contributed by atoms with Crippen molar-refractivity contribution in [1.82, 2.24) is 30.2 Å².